The van der Waals surface area contributed by atoms with Gasteiger partial charge in [0.1, 0.15) is 6.29 Å². The van der Waals surface area contributed by atoms with Gasteiger partial charge in [0.25, 0.3) is 0 Å². The van der Waals surface area contributed by atoms with E-state index in [0.29, 0.717) is 19.1 Å². The summed E-state index contributed by atoms with van der Waals surface area (Å²) in [4.78, 5) is 30.6. The molecule has 1 saturated carbocycles. The van der Waals surface area contributed by atoms with Gasteiger partial charge in [-0.15, -0.1) is 0 Å². The minimum Gasteiger partial charge on any atom is -0.390 e. The van der Waals surface area contributed by atoms with Crippen LogP contribution < -0.4 is 5.32 Å². The highest BCUT2D eigenvalue weighted by Gasteiger charge is 2.51. The lowest BCUT2D eigenvalue weighted by Gasteiger charge is -2.41. The highest BCUT2D eigenvalue weighted by molar-refractivity contribution is 5.73. The predicted molar refractivity (Wildman–Crippen MR) is 148 cm³/mol. The molecule has 2 atom stereocenters. The van der Waals surface area contributed by atoms with Gasteiger partial charge in [0.15, 0.2) is 0 Å². The van der Waals surface area contributed by atoms with Gasteiger partial charge in [0.2, 0.25) is 5.91 Å². The minimum absolute atomic E-state index is 0.115. The Morgan fingerprint density at radius 1 is 1.11 bits per heavy atom. The largest absolute Gasteiger partial charge is 0.390 e. The van der Waals surface area contributed by atoms with Crippen molar-refractivity contribution in [3.63, 3.8) is 0 Å². The molecule has 2 aromatic carbocycles. The number of aldehydes is 1. The van der Waals surface area contributed by atoms with Gasteiger partial charge < -0.3 is 20.1 Å². The number of carbonyl (C=O) groups is 2. The number of fused-ring (bicyclic) bond motifs is 3. The molecule has 3 aliphatic heterocycles. The first-order valence-corrected chi connectivity index (χ1v) is 14.3. The molecule has 7 nitrogen and oxygen atoms in total. The average Bonchev–Trinajstić information content (AvgIpc) is 3.68. The number of hydrogen-bond donors (Lipinski definition) is 2. The van der Waals surface area contributed by atoms with Crippen LogP contribution in [0.25, 0.3) is 0 Å². The molecule has 1 amide bonds. The summed E-state index contributed by atoms with van der Waals surface area (Å²) in [5.41, 5.74) is 6.33. The van der Waals surface area contributed by atoms with Gasteiger partial charge in [-0.25, -0.2) is 0 Å². The third-order valence-corrected chi connectivity index (χ3v) is 9.26. The predicted octanol–water partition coefficient (Wildman–Crippen LogP) is 3.12. The molecule has 2 fully saturated rings. The molecule has 4 aliphatic rings. The van der Waals surface area contributed by atoms with Crippen LogP contribution in [0.4, 0.5) is 5.69 Å². The van der Waals surface area contributed by atoms with Crippen LogP contribution in [0.3, 0.4) is 0 Å². The minimum atomic E-state index is -0.507. The highest BCUT2D eigenvalue weighted by atomic mass is 16.3. The second-order valence-electron chi connectivity index (χ2n) is 11.9. The molecule has 0 radical (unpaired) electrons. The molecule has 3 heterocycles. The van der Waals surface area contributed by atoms with E-state index in [1.54, 1.807) is 6.92 Å². The second kappa shape index (κ2) is 10.4. The number of β-amino-alcohol motifs (C(OH)–C–C–N with tert-alkyl or cyclic N) is 1. The first-order chi connectivity index (χ1) is 18.4. The van der Waals surface area contributed by atoms with E-state index in [2.05, 4.69) is 57.6 Å². The Labute approximate surface area is 225 Å². The van der Waals surface area contributed by atoms with Crippen LogP contribution in [0.15, 0.2) is 42.5 Å². The van der Waals surface area contributed by atoms with E-state index in [1.165, 1.54) is 16.7 Å². The Bertz CT molecular complexity index is 1190. The van der Waals surface area contributed by atoms with Crippen LogP contribution in [0, 0.1) is 0 Å². The summed E-state index contributed by atoms with van der Waals surface area (Å²) in [6, 6.07) is 15.1. The van der Waals surface area contributed by atoms with E-state index in [4.69, 9.17) is 0 Å². The number of benzene rings is 2. The molecule has 2 unspecified atom stereocenters. The zero-order chi connectivity index (χ0) is 26.3. The number of nitrogens with zero attached hydrogens (tertiary/aromatic N) is 3. The molecule has 1 aliphatic carbocycles. The summed E-state index contributed by atoms with van der Waals surface area (Å²) in [5.74, 6) is 0.146. The molecular weight excluding hydrogens is 476 g/mol. The highest BCUT2D eigenvalue weighted by Crippen LogP contribution is 2.55. The summed E-state index contributed by atoms with van der Waals surface area (Å²) >= 11 is 0. The number of rotatable bonds is 7. The van der Waals surface area contributed by atoms with Crippen LogP contribution in [-0.4, -0.2) is 83.4 Å². The summed E-state index contributed by atoms with van der Waals surface area (Å²) in [6.45, 7) is 6.99. The van der Waals surface area contributed by atoms with E-state index >= 15 is 0 Å². The second-order valence-corrected chi connectivity index (χ2v) is 11.9. The van der Waals surface area contributed by atoms with Gasteiger partial charge in [0, 0.05) is 69.9 Å². The lowest BCUT2D eigenvalue weighted by atomic mass is 9.82. The molecule has 1 saturated heterocycles. The summed E-state index contributed by atoms with van der Waals surface area (Å²) in [7, 11) is 0. The zero-order valence-electron chi connectivity index (χ0n) is 22.4. The first-order valence-electron chi connectivity index (χ1n) is 14.3. The summed E-state index contributed by atoms with van der Waals surface area (Å²) < 4.78 is 0. The van der Waals surface area contributed by atoms with Gasteiger partial charge in [-0.3, -0.25) is 14.6 Å². The van der Waals surface area contributed by atoms with Gasteiger partial charge >= 0.3 is 0 Å². The van der Waals surface area contributed by atoms with Crippen LogP contribution in [-0.2, 0) is 28.0 Å². The molecule has 2 aromatic rings. The number of amides is 1. The maximum absolute atomic E-state index is 12.5. The summed E-state index contributed by atoms with van der Waals surface area (Å²) in [5, 5.41) is 14.8. The van der Waals surface area contributed by atoms with Crippen molar-refractivity contribution in [3.8, 4) is 0 Å². The van der Waals surface area contributed by atoms with Gasteiger partial charge in [-0.2, -0.15) is 0 Å². The monoisotopic (exact) mass is 516 g/mol. The van der Waals surface area contributed by atoms with E-state index in [0.717, 1.165) is 82.4 Å². The van der Waals surface area contributed by atoms with Crippen molar-refractivity contribution in [2.75, 3.05) is 44.6 Å². The SMILES string of the molecule is CC(=O)N1CCC(Nc2ccc3c(c2)C(C=O)N(CC(O)CN2CCc4ccccc4C2)CC32CC2)CC1. The first kappa shape index (κ1) is 25.5. The Morgan fingerprint density at radius 2 is 1.87 bits per heavy atom. The third-order valence-electron chi connectivity index (χ3n) is 9.26. The van der Waals surface area contributed by atoms with Crippen LogP contribution in [0.2, 0.25) is 0 Å². The maximum Gasteiger partial charge on any atom is 0.219 e. The van der Waals surface area contributed by atoms with E-state index in [-0.39, 0.29) is 17.4 Å². The molecule has 38 heavy (non-hydrogen) atoms. The number of likely N-dealkylation sites (tertiary alicyclic amines) is 1. The number of piperidine rings is 1. The maximum atomic E-state index is 12.5. The Hall–Kier alpha value is -2.74. The topological polar surface area (TPSA) is 76.1 Å². The fourth-order valence-corrected chi connectivity index (χ4v) is 6.98. The van der Waals surface area contributed by atoms with E-state index < -0.39 is 6.10 Å². The third kappa shape index (κ3) is 5.12. The van der Waals surface area contributed by atoms with E-state index in [1.807, 2.05) is 4.90 Å². The number of aliphatic hydroxyl groups excluding tert-OH is 1. The van der Waals surface area contributed by atoms with Gasteiger partial charge in [-0.05, 0) is 66.5 Å². The molecule has 0 bridgehead atoms. The lowest BCUT2D eigenvalue weighted by Crippen LogP contribution is -2.48. The number of hydrogen-bond acceptors (Lipinski definition) is 6. The fourth-order valence-electron chi connectivity index (χ4n) is 6.98. The van der Waals surface area contributed by atoms with Crippen molar-refractivity contribution in [2.24, 2.45) is 0 Å². The number of anilines is 1. The van der Waals surface area contributed by atoms with Crippen molar-refractivity contribution in [1.82, 2.24) is 14.7 Å². The van der Waals surface area contributed by atoms with Crippen molar-refractivity contribution in [1.29, 1.82) is 0 Å². The quantitative estimate of drug-likeness (QED) is 0.551. The van der Waals surface area contributed by atoms with Crippen molar-refractivity contribution < 1.29 is 14.7 Å². The summed E-state index contributed by atoms with van der Waals surface area (Å²) in [6.07, 6.45) is 5.70. The lowest BCUT2D eigenvalue weighted by molar-refractivity contribution is -0.129. The fraction of sp³-hybridized carbons (Fsp3) is 0.548. The number of nitrogens with one attached hydrogen (secondary N) is 1. The Morgan fingerprint density at radius 3 is 2.58 bits per heavy atom. The number of aliphatic hydroxyl groups is 1. The molecule has 7 heteroatoms. The van der Waals surface area contributed by atoms with Crippen molar-refractivity contribution in [2.45, 2.75) is 69.2 Å². The number of carbonyl (C=O) groups excluding carboxylic acids is 2. The Kier molecular flexibility index (Phi) is 7.01. The van der Waals surface area contributed by atoms with Crippen LogP contribution >= 0.6 is 0 Å². The zero-order valence-corrected chi connectivity index (χ0v) is 22.4. The molecule has 1 spiro atoms. The van der Waals surface area contributed by atoms with Crippen molar-refractivity contribution in [3.05, 3.63) is 64.7 Å². The molecule has 202 valence electrons. The molecular formula is C31H40N4O3. The smallest absolute Gasteiger partial charge is 0.219 e. The van der Waals surface area contributed by atoms with Crippen LogP contribution in [0.5, 0.6) is 0 Å². The Balaban J connectivity index is 1.13. The molecule has 6 rings (SSSR count). The van der Waals surface area contributed by atoms with Gasteiger partial charge in [-0.1, -0.05) is 30.3 Å². The molecule has 2 N–H and O–H groups in total. The molecule has 0 aromatic heterocycles. The average molecular weight is 517 g/mol. The van der Waals surface area contributed by atoms with Gasteiger partial charge in [0.05, 0.1) is 12.1 Å². The normalized spacial score (nSPS) is 23.9. The van der Waals surface area contributed by atoms with Crippen LogP contribution in [0.1, 0.15) is 60.9 Å². The van der Waals surface area contributed by atoms with Crippen molar-refractivity contribution >= 4 is 17.9 Å². The standard InChI is InChI=1S/C31H40N4O3/c1-22(37)34-14-9-25(10-15-34)32-26-6-7-29-28(16-26)30(20-36)35(21-31(29)11-12-31)19-27(38)18-33-13-8-23-4-2-3-5-24(23)17-33/h2-7,16,20,25,27,30,32,38H,8-15,17-19,21H2,1H3. The van der Waals surface area contributed by atoms with E-state index in [9.17, 15) is 14.7 Å².